The maximum Gasteiger partial charge on any atom is 0.252 e. The summed E-state index contributed by atoms with van der Waals surface area (Å²) < 4.78 is 3.33. The number of carbonyl (C=O) groups excluding carboxylic acids is 1. The van der Waals surface area contributed by atoms with Gasteiger partial charge in [-0.25, -0.2) is 4.98 Å². The van der Waals surface area contributed by atoms with Gasteiger partial charge in [-0.2, -0.15) is 10.1 Å². The number of terminal acetylenes is 1. The molecule has 1 atom stereocenters. The first kappa shape index (κ1) is 25.6. The lowest BCUT2D eigenvalue weighted by atomic mass is 10.1. The first-order valence-electron chi connectivity index (χ1n) is 11.7. The van der Waals surface area contributed by atoms with Crippen LogP contribution in [0.5, 0.6) is 0 Å². The molecular formula is C25H32N8O2. The number of aryl methyl sites for hydroxylation is 1. The summed E-state index contributed by atoms with van der Waals surface area (Å²) in [5, 5.41) is 8.01. The number of amides is 1. The van der Waals surface area contributed by atoms with E-state index in [1.54, 1.807) is 32.6 Å². The fourth-order valence-corrected chi connectivity index (χ4v) is 4.04. The highest BCUT2D eigenvalue weighted by molar-refractivity contribution is 5.87. The van der Waals surface area contributed by atoms with Crippen LogP contribution in [0, 0.1) is 12.3 Å². The molecule has 10 nitrogen and oxygen atoms in total. The molecule has 4 rings (SSSR count). The van der Waals surface area contributed by atoms with Crippen LogP contribution in [-0.4, -0.2) is 72.2 Å². The SMILES string of the molecule is C#CCC1CN(C(=O)C=C)CCN1CCn1c(=O)ccc2cnc(Nc3cnn(C)c3)nc21.CC. The van der Waals surface area contributed by atoms with E-state index in [1.807, 2.05) is 27.1 Å². The van der Waals surface area contributed by atoms with E-state index < -0.39 is 0 Å². The van der Waals surface area contributed by atoms with Crippen LogP contribution < -0.4 is 10.9 Å². The second-order valence-electron chi connectivity index (χ2n) is 7.91. The minimum absolute atomic E-state index is 0.0239. The van der Waals surface area contributed by atoms with Crippen LogP contribution >= 0.6 is 0 Å². The van der Waals surface area contributed by atoms with Crippen molar-refractivity contribution in [3.8, 4) is 12.3 Å². The third-order valence-corrected chi connectivity index (χ3v) is 5.74. The number of pyridine rings is 1. The molecule has 0 bridgehead atoms. The number of fused-ring (bicyclic) bond motifs is 1. The van der Waals surface area contributed by atoms with Crippen molar-refractivity contribution in [1.29, 1.82) is 0 Å². The Kier molecular flexibility index (Phi) is 8.75. The first-order chi connectivity index (χ1) is 17.0. The van der Waals surface area contributed by atoms with Crippen molar-refractivity contribution < 1.29 is 4.79 Å². The summed E-state index contributed by atoms with van der Waals surface area (Å²) in [6.07, 6.45) is 12.6. The molecule has 1 unspecified atom stereocenters. The van der Waals surface area contributed by atoms with Crippen molar-refractivity contribution >= 4 is 28.6 Å². The number of nitrogens with zero attached hydrogens (tertiary/aromatic N) is 7. The number of aromatic nitrogens is 5. The van der Waals surface area contributed by atoms with Gasteiger partial charge in [0.2, 0.25) is 11.9 Å². The standard InChI is InChI=1S/C23H26N8O2.C2H6/c1-4-6-19-16-30(20(32)5-2)10-9-29(19)11-12-31-21(33)8-7-17-13-24-23(27-22(17)31)26-18-14-25-28(3)15-18;1-2/h1,5,7-8,13-15,19H,2,6,9-12,16H2,3H3,(H,24,26,27);1-2H3. The number of piperazine rings is 1. The lowest BCUT2D eigenvalue weighted by Gasteiger charge is -2.40. The third kappa shape index (κ3) is 6.13. The second-order valence-corrected chi connectivity index (χ2v) is 7.91. The highest BCUT2D eigenvalue weighted by atomic mass is 16.2. The number of anilines is 2. The van der Waals surface area contributed by atoms with Gasteiger partial charge in [0.05, 0.1) is 11.9 Å². The molecule has 1 N–H and O–H groups in total. The average molecular weight is 477 g/mol. The Morgan fingerprint density at radius 3 is 2.77 bits per heavy atom. The van der Waals surface area contributed by atoms with Gasteiger partial charge in [-0.3, -0.25) is 23.7 Å². The molecule has 4 heterocycles. The molecule has 1 fully saturated rings. The summed E-state index contributed by atoms with van der Waals surface area (Å²) in [6.45, 7) is 10.4. The quantitative estimate of drug-likeness (QED) is 0.411. The number of carbonyl (C=O) groups is 1. The zero-order valence-electron chi connectivity index (χ0n) is 20.5. The van der Waals surface area contributed by atoms with Gasteiger partial charge in [-0.1, -0.05) is 20.4 Å². The molecule has 0 aromatic carbocycles. The predicted octanol–water partition coefficient (Wildman–Crippen LogP) is 2.02. The van der Waals surface area contributed by atoms with Crippen molar-refractivity contribution in [3.05, 3.63) is 53.7 Å². The van der Waals surface area contributed by atoms with E-state index in [0.717, 1.165) is 11.1 Å². The first-order valence-corrected chi connectivity index (χ1v) is 11.7. The van der Waals surface area contributed by atoms with Gasteiger partial charge in [0, 0.05) is 76.1 Å². The molecule has 1 amide bonds. The molecule has 1 saturated heterocycles. The Bertz CT molecular complexity index is 1270. The molecule has 0 aliphatic carbocycles. The normalized spacial score (nSPS) is 15.7. The van der Waals surface area contributed by atoms with E-state index in [9.17, 15) is 9.59 Å². The van der Waals surface area contributed by atoms with Crippen molar-refractivity contribution in [2.24, 2.45) is 7.05 Å². The maximum atomic E-state index is 12.7. The molecule has 1 aliphatic heterocycles. The van der Waals surface area contributed by atoms with E-state index in [0.29, 0.717) is 50.7 Å². The Labute approximate surface area is 205 Å². The zero-order chi connectivity index (χ0) is 25.4. The Balaban J connectivity index is 0.00000167. The summed E-state index contributed by atoms with van der Waals surface area (Å²) in [5.74, 6) is 3.00. The fourth-order valence-electron chi connectivity index (χ4n) is 4.04. The minimum Gasteiger partial charge on any atom is -0.336 e. The van der Waals surface area contributed by atoms with Crippen LogP contribution in [0.3, 0.4) is 0 Å². The largest absolute Gasteiger partial charge is 0.336 e. The van der Waals surface area contributed by atoms with Crippen LogP contribution in [-0.2, 0) is 18.4 Å². The molecule has 10 heteroatoms. The van der Waals surface area contributed by atoms with E-state index in [-0.39, 0.29) is 17.5 Å². The summed E-state index contributed by atoms with van der Waals surface area (Å²) >= 11 is 0. The Morgan fingerprint density at radius 2 is 2.09 bits per heavy atom. The van der Waals surface area contributed by atoms with Crippen LogP contribution in [0.25, 0.3) is 11.0 Å². The fraction of sp³-hybridized carbons (Fsp3) is 0.400. The molecule has 0 spiro atoms. The van der Waals surface area contributed by atoms with Gasteiger partial charge in [-0.05, 0) is 12.1 Å². The van der Waals surface area contributed by atoms with Crippen molar-refractivity contribution in [2.75, 3.05) is 31.5 Å². The summed E-state index contributed by atoms with van der Waals surface area (Å²) in [7, 11) is 1.82. The number of hydrogen-bond donors (Lipinski definition) is 1. The van der Waals surface area contributed by atoms with E-state index in [4.69, 9.17) is 6.42 Å². The Hall–Kier alpha value is -3.97. The molecule has 3 aromatic rings. The average Bonchev–Trinajstić information content (AvgIpc) is 3.29. The molecule has 0 radical (unpaired) electrons. The summed E-state index contributed by atoms with van der Waals surface area (Å²) in [6, 6.07) is 3.28. The molecule has 1 aliphatic rings. The molecule has 184 valence electrons. The van der Waals surface area contributed by atoms with Gasteiger partial charge in [0.1, 0.15) is 5.65 Å². The lowest BCUT2D eigenvalue weighted by Crippen LogP contribution is -2.55. The summed E-state index contributed by atoms with van der Waals surface area (Å²) in [4.78, 5) is 37.7. The van der Waals surface area contributed by atoms with E-state index in [1.165, 1.54) is 12.1 Å². The smallest absolute Gasteiger partial charge is 0.252 e. The van der Waals surface area contributed by atoms with Crippen LogP contribution in [0.2, 0.25) is 0 Å². The van der Waals surface area contributed by atoms with Gasteiger partial charge in [0.15, 0.2) is 0 Å². The van der Waals surface area contributed by atoms with Crippen molar-refractivity contribution in [1.82, 2.24) is 34.1 Å². The molecule has 3 aromatic heterocycles. The van der Waals surface area contributed by atoms with Gasteiger partial charge in [-0.15, -0.1) is 12.3 Å². The number of hydrogen-bond acceptors (Lipinski definition) is 7. The monoisotopic (exact) mass is 476 g/mol. The van der Waals surface area contributed by atoms with Gasteiger partial charge in [0.25, 0.3) is 5.56 Å². The molecule has 35 heavy (non-hydrogen) atoms. The van der Waals surface area contributed by atoms with Crippen LogP contribution in [0.15, 0.2) is 48.2 Å². The second kappa shape index (κ2) is 11.9. The summed E-state index contributed by atoms with van der Waals surface area (Å²) in [5.41, 5.74) is 1.17. The highest BCUT2D eigenvalue weighted by Gasteiger charge is 2.28. The Morgan fingerprint density at radius 1 is 1.29 bits per heavy atom. The minimum atomic E-state index is -0.137. The van der Waals surface area contributed by atoms with Crippen LogP contribution in [0.4, 0.5) is 11.6 Å². The maximum absolute atomic E-state index is 12.7. The predicted molar refractivity (Wildman–Crippen MR) is 137 cm³/mol. The van der Waals surface area contributed by atoms with Crippen molar-refractivity contribution in [2.45, 2.75) is 32.9 Å². The van der Waals surface area contributed by atoms with Crippen molar-refractivity contribution in [3.63, 3.8) is 0 Å². The van der Waals surface area contributed by atoms with E-state index >= 15 is 0 Å². The van der Waals surface area contributed by atoms with Gasteiger partial charge < -0.3 is 10.2 Å². The lowest BCUT2D eigenvalue weighted by molar-refractivity contribution is -0.128. The third-order valence-electron chi connectivity index (χ3n) is 5.74. The topological polar surface area (TPSA) is 101 Å². The number of rotatable bonds is 7. The van der Waals surface area contributed by atoms with Gasteiger partial charge >= 0.3 is 0 Å². The van der Waals surface area contributed by atoms with E-state index in [2.05, 4.69) is 37.8 Å². The molecule has 0 saturated carbocycles. The zero-order valence-corrected chi connectivity index (χ0v) is 20.5. The van der Waals surface area contributed by atoms with Crippen LogP contribution in [0.1, 0.15) is 20.3 Å². The molecular weight excluding hydrogens is 444 g/mol. The highest BCUT2D eigenvalue weighted by Crippen LogP contribution is 2.17. The number of nitrogens with one attached hydrogen (secondary N) is 1.